The summed E-state index contributed by atoms with van der Waals surface area (Å²) in [7, 11) is -2.68. The molecule has 0 saturated heterocycles. The highest BCUT2D eigenvalue weighted by molar-refractivity contribution is 6.60. The van der Waals surface area contributed by atoms with Crippen molar-refractivity contribution in [3.63, 3.8) is 0 Å². The van der Waals surface area contributed by atoms with E-state index in [4.69, 9.17) is 22.8 Å². The minimum Gasteiger partial charge on any atom is -0.506 e. The molecule has 10 heteroatoms. The fourth-order valence-electron chi connectivity index (χ4n) is 2.92. The molecule has 0 fully saturated rings. The van der Waals surface area contributed by atoms with E-state index in [1.54, 1.807) is 6.92 Å². The molecule has 31 heavy (non-hydrogen) atoms. The predicted molar refractivity (Wildman–Crippen MR) is 119 cm³/mol. The average Bonchev–Trinajstić information content (AvgIpc) is 2.73. The smallest absolute Gasteiger partial charge is 0.501 e. The number of aromatic hydroxyl groups is 1. The Bertz CT molecular complexity index is 629. The number of phenolic OH excluding ortho intramolecular Hbond substituents is 1. The number of carbonyl (C=O) groups excluding carboxylic acids is 1. The van der Waals surface area contributed by atoms with Gasteiger partial charge in [0, 0.05) is 39.0 Å². The summed E-state index contributed by atoms with van der Waals surface area (Å²) in [5, 5.41) is 23.0. The maximum absolute atomic E-state index is 11.8. The lowest BCUT2D eigenvalue weighted by Gasteiger charge is -2.28. The number of aliphatic hydroxyl groups excluding tert-OH is 1. The predicted octanol–water partition coefficient (Wildman–Crippen LogP) is 2.80. The zero-order chi connectivity index (χ0) is 23.1. The zero-order valence-corrected chi connectivity index (χ0v) is 20.0. The maximum atomic E-state index is 11.8. The van der Waals surface area contributed by atoms with Gasteiger partial charge in [-0.1, -0.05) is 0 Å². The Labute approximate surface area is 186 Å². The first kappa shape index (κ1) is 27.3. The summed E-state index contributed by atoms with van der Waals surface area (Å²) >= 11 is 0. The van der Waals surface area contributed by atoms with Gasteiger partial charge in [-0.05, 0) is 52.3 Å². The van der Waals surface area contributed by atoms with Gasteiger partial charge in [-0.25, -0.2) is 4.79 Å². The van der Waals surface area contributed by atoms with Crippen molar-refractivity contribution in [3.05, 3.63) is 23.8 Å². The number of esters is 1. The van der Waals surface area contributed by atoms with E-state index in [9.17, 15) is 15.0 Å². The topological polar surface area (TPSA) is 116 Å². The SMILES string of the molecule is CCOC(=O)c1ccc(O)c(NCC(O)COCCC[Si](OCC)(OCC)OCC)c1. The van der Waals surface area contributed by atoms with E-state index in [1.165, 1.54) is 18.2 Å². The van der Waals surface area contributed by atoms with Crippen LogP contribution in [-0.4, -0.2) is 77.3 Å². The number of ether oxygens (including phenoxy) is 2. The number of hydrogen-bond donors (Lipinski definition) is 3. The van der Waals surface area contributed by atoms with Crippen LogP contribution in [0.2, 0.25) is 6.04 Å². The molecule has 1 rings (SSSR count). The zero-order valence-electron chi connectivity index (χ0n) is 19.0. The summed E-state index contributed by atoms with van der Waals surface area (Å²) in [5.41, 5.74) is 0.656. The van der Waals surface area contributed by atoms with Gasteiger partial charge in [0.15, 0.2) is 0 Å². The lowest BCUT2D eigenvalue weighted by Crippen LogP contribution is -2.46. The summed E-state index contributed by atoms with van der Waals surface area (Å²) in [5.74, 6) is -0.495. The van der Waals surface area contributed by atoms with E-state index in [0.717, 1.165) is 0 Å². The van der Waals surface area contributed by atoms with Crippen LogP contribution in [0.5, 0.6) is 5.75 Å². The Morgan fingerprint density at radius 3 is 2.29 bits per heavy atom. The van der Waals surface area contributed by atoms with Crippen LogP contribution >= 0.6 is 0 Å². The minimum atomic E-state index is -2.68. The van der Waals surface area contributed by atoms with Gasteiger partial charge in [-0.2, -0.15) is 0 Å². The molecule has 0 aliphatic carbocycles. The van der Waals surface area contributed by atoms with Crippen LogP contribution in [0.25, 0.3) is 0 Å². The molecule has 0 heterocycles. The van der Waals surface area contributed by atoms with Crippen molar-refractivity contribution in [2.24, 2.45) is 0 Å². The van der Waals surface area contributed by atoms with Crippen molar-refractivity contribution in [2.45, 2.75) is 46.3 Å². The van der Waals surface area contributed by atoms with E-state index in [1.807, 2.05) is 20.8 Å². The summed E-state index contributed by atoms with van der Waals surface area (Å²) < 4.78 is 27.9. The number of aliphatic hydroxyl groups is 1. The van der Waals surface area contributed by atoms with Crippen molar-refractivity contribution >= 4 is 20.5 Å². The van der Waals surface area contributed by atoms with Crippen molar-refractivity contribution in [3.8, 4) is 5.75 Å². The van der Waals surface area contributed by atoms with Gasteiger partial charge >= 0.3 is 14.8 Å². The van der Waals surface area contributed by atoms with Gasteiger partial charge in [-0.15, -0.1) is 0 Å². The van der Waals surface area contributed by atoms with E-state index in [2.05, 4.69) is 5.32 Å². The molecule has 9 nitrogen and oxygen atoms in total. The van der Waals surface area contributed by atoms with Crippen LogP contribution in [0, 0.1) is 0 Å². The van der Waals surface area contributed by atoms with Gasteiger partial charge in [0.2, 0.25) is 0 Å². The molecule has 0 aliphatic heterocycles. The van der Waals surface area contributed by atoms with Gasteiger partial charge in [0.1, 0.15) is 5.75 Å². The van der Waals surface area contributed by atoms with Gasteiger partial charge < -0.3 is 38.3 Å². The fourth-order valence-corrected chi connectivity index (χ4v) is 5.50. The Morgan fingerprint density at radius 1 is 1.06 bits per heavy atom. The van der Waals surface area contributed by atoms with Crippen LogP contribution in [0.1, 0.15) is 44.5 Å². The number of carbonyl (C=O) groups is 1. The Hall–Kier alpha value is -1.69. The fraction of sp³-hybridized carbons (Fsp3) is 0.667. The Morgan fingerprint density at radius 2 is 1.71 bits per heavy atom. The molecule has 3 N–H and O–H groups in total. The molecule has 0 amide bonds. The molecular formula is C21H37NO8Si. The van der Waals surface area contributed by atoms with Gasteiger partial charge in [-0.3, -0.25) is 0 Å². The Kier molecular flexibility index (Phi) is 13.4. The van der Waals surface area contributed by atoms with Crippen LogP contribution < -0.4 is 5.32 Å². The lowest BCUT2D eigenvalue weighted by molar-refractivity contribution is 0.0379. The molecule has 1 unspecified atom stereocenters. The van der Waals surface area contributed by atoms with Crippen LogP contribution in [0.3, 0.4) is 0 Å². The third-order valence-electron chi connectivity index (χ3n) is 4.21. The van der Waals surface area contributed by atoms with Crippen LogP contribution in [0.15, 0.2) is 18.2 Å². The molecule has 0 aliphatic rings. The third kappa shape index (κ3) is 9.98. The molecule has 1 aromatic carbocycles. The van der Waals surface area contributed by atoms with E-state index in [0.29, 0.717) is 50.1 Å². The summed E-state index contributed by atoms with van der Waals surface area (Å²) in [6.07, 6.45) is -0.104. The van der Waals surface area contributed by atoms with Crippen molar-refractivity contribution < 1.29 is 37.8 Å². The monoisotopic (exact) mass is 459 g/mol. The second-order valence-corrected chi connectivity index (χ2v) is 9.38. The van der Waals surface area contributed by atoms with E-state index < -0.39 is 20.9 Å². The van der Waals surface area contributed by atoms with Gasteiger partial charge in [0.25, 0.3) is 0 Å². The van der Waals surface area contributed by atoms with E-state index >= 15 is 0 Å². The first-order chi connectivity index (χ1) is 14.9. The standard InChI is InChI=1S/C21H37NO8Si/c1-5-27-21(25)17-10-11-20(24)19(14-17)22-15-18(23)16-26-12-9-13-31(28-6-2,29-7-3)30-8-4/h10-11,14,18,22-24H,5-9,12-13,15-16H2,1-4H3. The molecule has 178 valence electrons. The quantitative estimate of drug-likeness (QED) is 0.140. The van der Waals surface area contributed by atoms with Crippen LogP contribution in [0.4, 0.5) is 5.69 Å². The molecule has 0 bridgehead atoms. The highest BCUT2D eigenvalue weighted by atomic mass is 28.4. The molecule has 0 aromatic heterocycles. The Balaban J connectivity index is 2.41. The number of anilines is 1. The average molecular weight is 460 g/mol. The normalized spacial score (nSPS) is 12.5. The van der Waals surface area contributed by atoms with Crippen molar-refractivity contribution in [1.82, 2.24) is 0 Å². The molecule has 0 spiro atoms. The lowest BCUT2D eigenvalue weighted by atomic mass is 10.2. The van der Waals surface area contributed by atoms with Crippen molar-refractivity contribution in [2.75, 3.05) is 51.5 Å². The molecular weight excluding hydrogens is 422 g/mol. The molecule has 1 atom stereocenters. The second-order valence-electron chi connectivity index (χ2n) is 6.65. The third-order valence-corrected chi connectivity index (χ3v) is 7.36. The van der Waals surface area contributed by atoms with Gasteiger partial charge in [0.05, 0.1) is 30.6 Å². The second kappa shape index (κ2) is 15.2. The molecule has 0 radical (unpaired) electrons. The summed E-state index contributed by atoms with van der Waals surface area (Å²) in [6, 6.07) is 5.02. The molecule has 0 saturated carbocycles. The largest absolute Gasteiger partial charge is 0.506 e. The first-order valence-electron chi connectivity index (χ1n) is 10.8. The number of nitrogens with one attached hydrogen (secondary N) is 1. The number of benzene rings is 1. The first-order valence-corrected chi connectivity index (χ1v) is 12.8. The number of phenols is 1. The van der Waals surface area contributed by atoms with E-state index in [-0.39, 0.29) is 25.5 Å². The highest BCUT2D eigenvalue weighted by Gasteiger charge is 2.39. The van der Waals surface area contributed by atoms with Crippen LogP contribution in [-0.2, 0) is 22.8 Å². The number of hydrogen-bond acceptors (Lipinski definition) is 9. The summed E-state index contributed by atoms with van der Waals surface area (Å²) in [6.45, 7) is 10.0. The molecule has 1 aromatic rings. The number of rotatable bonds is 17. The minimum absolute atomic E-state index is 0.0229. The van der Waals surface area contributed by atoms with Crippen molar-refractivity contribution in [1.29, 1.82) is 0 Å². The summed E-state index contributed by atoms with van der Waals surface area (Å²) in [4.78, 5) is 11.8. The maximum Gasteiger partial charge on any atom is 0.501 e. The highest BCUT2D eigenvalue weighted by Crippen LogP contribution is 2.24.